The van der Waals surface area contributed by atoms with Gasteiger partial charge in [0.1, 0.15) is 18.1 Å². The molecule has 1 aromatic rings. The number of carbonyl (C=O) groups excluding carboxylic acids is 1. The number of carbonyl (C=O) groups is 1. The Morgan fingerprint density at radius 3 is 2.44 bits per heavy atom. The van der Waals surface area contributed by atoms with Gasteiger partial charge >= 0.3 is 6.18 Å². The Morgan fingerprint density at radius 2 is 2.06 bits per heavy atom. The first-order valence-corrected chi connectivity index (χ1v) is 6.36. The van der Waals surface area contributed by atoms with E-state index in [0.29, 0.717) is 11.5 Å². The first kappa shape index (κ1) is 15.1. The monoisotopic (exact) mass is 327 g/mol. The maximum Gasteiger partial charge on any atom is 0.406 e. The van der Waals surface area contributed by atoms with Crippen LogP contribution in [0.5, 0.6) is 0 Å². The van der Waals surface area contributed by atoms with Crippen molar-refractivity contribution in [2.24, 2.45) is 0 Å². The van der Waals surface area contributed by atoms with Crippen molar-refractivity contribution in [2.45, 2.75) is 20.0 Å². The lowest BCUT2D eigenvalue weighted by Gasteiger charge is -2.22. The van der Waals surface area contributed by atoms with Crippen LogP contribution in [0.2, 0.25) is 0 Å². The van der Waals surface area contributed by atoms with Gasteiger partial charge in [0.25, 0.3) is 5.91 Å². The minimum Gasteiger partial charge on any atom is -0.466 e. The molecule has 0 aromatic carbocycles. The molecule has 1 aromatic heterocycles. The summed E-state index contributed by atoms with van der Waals surface area (Å²) in [5.74, 6) is 0.169. The van der Waals surface area contributed by atoms with Gasteiger partial charge in [0.2, 0.25) is 0 Å². The number of rotatable bonds is 4. The normalized spacial score (nSPS) is 11.7. The average molecular weight is 328 g/mol. The molecular weight excluding hydrogens is 315 g/mol. The van der Waals surface area contributed by atoms with Crippen molar-refractivity contribution in [3.63, 3.8) is 0 Å². The maximum absolute atomic E-state index is 12.4. The lowest BCUT2D eigenvalue weighted by molar-refractivity contribution is -0.140. The van der Waals surface area contributed by atoms with Gasteiger partial charge in [0, 0.05) is 11.9 Å². The van der Waals surface area contributed by atoms with Crippen molar-refractivity contribution in [1.29, 1.82) is 0 Å². The van der Waals surface area contributed by atoms with Crippen LogP contribution in [0, 0.1) is 13.8 Å². The molecule has 0 saturated heterocycles. The quantitative estimate of drug-likeness (QED) is 0.795. The first-order valence-electron chi connectivity index (χ1n) is 5.23. The van der Waals surface area contributed by atoms with Crippen LogP contribution in [0.15, 0.2) is 10.5 Å². The number of alkyl halides is 4. The molecule has 0 spiro atoms. The third kappa shape index (κ3) is 4.04. The summed E-state index contributed by atoms with van der Waals surface area (Å²) in [7, 11) is 0. The predicted octanol–water partition coefficient (Wildman–Crippen LogP) is 3.30. The molecule has 18 heavy (non-hydrogen) atoms. The Kier molecular flexibility index (Phi) is 4.84. The molecule has 0 aliphatic carbocycles. The molecule has 1 amide bonds. The third-order valence-electron chi connectivity index (χ3n) is 2.28. The molecule has 0 radical (unpaired) electrons. The highest BCUT2D eigenvalue weighted by Crippen LogP contribution is 2.21. The molecule has 1 heterocycles. The number of hydrogen-bond donors (Lipinski definition) is 0. The fourth-order valence-electron chi connectivity index (χ4n) is 1.58. The van der Waals surface area contributed by atoms with E-state index in [9.17, 15) is 18.0 Å². The van der Waals surface area contributed by atoms with Gasteiger partial charge in [-0.15, -0.1) is 0 Å². The SMILES string of the molecule is Cc1cc(C(=O)N(CCBr)CC(F)(F)F)c(C)o1. The van der Waals surface area contributed by atoms with Gasteiger partial charge < -0.3 is 9.32 Å². The van der Waals surface area contributed by atoms with Crippen LogP contribution >= 0.6 is 15.9 Å². The second-order valence-corrected chi connectivity index (χ2v) is 4.65. The number of furan rings is 1. The summed E-state index contributed by atoms with van der Waals surface area (Å²) < 4.78 is 42.3. The molecular formula is C11H13BrF3NO2. The minimum atomic E-state index is -4.41. The largest absolute Gasteiger partial charge is 0.466 e. The number of amides is 1. The smallest absolute Gasteiger partial charge is 0.406 e. The van der Waals surface area contributed by atoms with Crippen LogP contribution in [0.25, 0.3) is 0 Å². The molecule has 0 bridgehead atoms. The second kappa shape index (κ2) is 5.77. The first-order chi connectivity index (χ1) is 8.24. The van der Waals surface area contributed by atoms with Crippen molar-refractivity contribution in [2.75, 3.05) is 18.4 Å². The van der Waals surface area contributed by atoms with E-state index < -0.39 is 18.6 Å². The zero-order valence-corrected chi connectivity index (χ0v) is 11.6. The molecule has 0 unspecified atom stereocenters. The van der Waals surface area contributed by atoms with Crippen molar-refractivity contribution < 1.29 is 22.4 Å². The zero-order chi connectivity index (χ0) is 13.9. The summed E-state index contributed by atoms with van der Waals surface area (Å²) in [5, 5.41) is 0.282. The Labute approximate surface area is 111 Å². The van der Waals surface area contributed by atoms with E-state index >= 15 is 0 Å². The van der Waals surface area contributed by atoms with Gasteiger partial charge in [-0.25, -0.2) is 0 Å². The van der Waals surface area contributed by atoms with E-state index in [2.05, 4.69) is 15.9 Å². The Morgan fingerprint density at radius 1 is 1.44 bits per heavy atom. The highest BCUT2D eigenvalue weighted by Gasteiger charge is 2.33. The molecule has 0 saturated carbocycles. The molecule has 3 nitrogen and oxygen atoms in total. The summed E-state index contributed by atoms with van der Waals surface area (Å²) in [4.78, 5) is 12.7. The highest BCUT2D eigenvalue weighted by atomic mass is 79.9. The van der Waals surface area contributed by atoms with E-state index in [0.717, 1.165) is 4.90 Å². The van der Waals surface area contributed by atoms with Gasteiger partial charge in [0.15, 0.2) is 0 Å². The minimum absolute atomic E-state index is 0.0119. The molecule has 0 atom stereocenters. The van der Waals surface area contributed by atoms with E-state index in [1.165, 1.54) is 6.07 Å². The lowest BCUT2D eigenvalue weighted by Crippen LogP contribution is -2.40. The van der Waals surface area contributed by atoms with Gasteiger partial charge in [-0.05, 0) is 19.9 Å². The fraction of sp³-hybridized carbons (Fsp3) is 0.545. The van der Waals surface area contributed by atoms with Gasteiger partial charge in [-0.1, -0.05) is 15.9 Å². The van der Waals surface area contributed by atoms with Gasteiger partial charge in [-0.3, -0.25) is 4.79 Å². The van der Waals surface area contributed by atoms with Crippen LogP contribution in [-0.2, 0) is 0 Å². The molecule has 1 rings (SSSR count). The topological polar surface area (TPSA) is 33.5 Å². The number of hydrogen-bond acceptors (Lipinski definition) is 2. The summed E-state index contributed by atoms with van der Waals surface area (Å²) in [6.45, 7) is 1.92. The number of aryl methyl sites for hydroxylation is 2. The molecule has 0 fully saturated rings. The van der Waals surface area contributed by atoms with Crippen LogP contribution < -0.4 is 0 Å². The van der Waals surface area contributed by atoms with Crippen LogP contribution in [0.1, 0.15) is 21.9 Å². The number of halogens is 4. The molecule has 0 aliphatic heterocycles. The Hall–Kier alpha value is -0.980. The van der Waals surface area contributed by atoms with Crippen LogP contribution in [0.4, 0.5) is 13.2 Å². The fourth-order valence-corrected chi connectivity index (χ4v) is 2.01. The van der Waals surface area contributed by atoms with E-state index in [4.69, 9.17) is 4.42 Å². The van der Waals surface area contributed by atoms with Crippen LogP contribution in [-0.4, -0.2) is 35.4 Å². The highest BCUT2D eigenvalue weighted by molar-refractivity contribution is 9.09. The van der Waals surface area contributed by atoms with Gasteiger partial charge in [-0.2, -0.15) is 13.2 Å². The third-order valence-corrected chi connectivity index (χ3v) is 2.64. The predicted molar refractivity (Wildman–Crippen MR) is 63.9 cm³/mol. The van der Waals surface area contributed by atoms with Crippen molar-refractivity contribution in [3.05, 3.63) is 23.2 Å². The molecule has 0 aliphatic rings. The zero-order valence-electron chi connectivity index (χ0n) is 9.97. The number of nitrogens with zero attached hydrogens (tertiary/aromatic N) is 1. The standard InChI is InChI=1S/C11H13BrF3NO2/c1-7-5-9(8(2)18-7)10(17)16(4-3-12)6-11(13,14)15/h5H,3-4,6H2,1-2H3. The van der Waals surface area contributed by atoms with Crippen LogP contribution in [0.3, 0.4) is 0 Å². The van der Waals surface area contributed by atoms with E-state index in [1.807, 2.05) is 0 Å². The lowest BCUT2D eigenvalue weighted by atomic mass is 10.2. The van der Waals surface area contributed by atoms with Crippen molar-refractivity contribution >= 4 is 21.8 Å². The molecule has 0 N–H and O–H groups in total. The Balaban J connectivity index is 2.92. The average Bonchev–Trinajstić information content (AvgIpc) is 2.54. The van der Waals surface area contributed by atoms with E-state index in [1.54, 1.807) is 13.8 Å². The molecule has 102 valence electrons. The Bertz CT molecular complexity index is 428. The van der Waals surface area contributed by atoms with Crippen molar-refractivity contribution in [3.8, 4) is 0 Å². The molecule has 7 heteroatoms. The maximum atomic E-state index is 12.4. The summed E-state index contributed by atoms with van der Waals surface area (Å²) in [6.07, 6.45) is -4.41. The van der Waals surface area contributed by atoms with E-state index in [-0.39, 0.29) is 17.4 Å². The second-order valence-electron chi connectivity index (χ2n) is 3.86. The summed E-state index contributed by atoms with van der Waals surface area (Å²) in [5.41, 5.74) is 0.178. The van der Waals surface area contributed by atoms with Gasteiger partial charge in [0.05, 0.1) is 5.56 Å². The van der Waals surface area contributed by atoms with Crippen molar-refractivity contribution in [1.82, 2.24) is 4.90 Å². The summed E-state index contributed by atoms with van der Waals surface area (Å²) in [6, 6.07) is 1.45. The summed E-state index contributed by atoms with van der Waals surface area (Å²) >= 11 is 3.04.